The van der Waals surface area contributed by atoms with Crippen LogP contribution in [0.3, 0.4) is 0 Å². The SMILES string of the molecule is CC(C)CN(CC(N)=O)Cc1nc(-c2ccccn2)no1. The number of hydrogen-bond donors (Lipinski definition) is 1. The molecule has 0 atom stereocenters. The molecular formula is C14H19N5O2. The molecule has 0 unspecified atom stereocenters. The van der Waals surface area contributed by atoms with Gasteiger partial charge in [0.15, 0.2) is 0 Å². The van der Waals surface area contributed by atoms with Crippen LogP contribution in [0.2, 0.25) is 0 Å². The van der Waals surface area contributed by atoms with Crippen LogP contribution in [0.15, 0.2) is 28.9 Å². The van der Waals surface area contributed by atoms with Crippen molar-refractivity contribution in [1.82, 2.24) is 20.0 Å². The first-order chi connectivity index (χ1) is 10.0. The smallest absolute Gasteiger partial charge is 0.241 e. The summed E-state index contributed by atoms with van der Waals surface area (Å²) in [6.07, 6.45) is 1.67. The van der Waals surface area contributed by atoms with Crippen LogP contribution in [0.1, 0.15) is 19.7 Å². The van der Waals surface area contributed by atoms with Crippen molar-refractivity contribution in [1.29, 1.82) is 0 Å². The monoisotopic (exact) mass is 289 g/mol. The number of pyridine rings is 1. The average molecular weight is 289 g/mol. The summed E-state index contributed by atoms with van der Waals surface area (Å²) in [7, 11) is 0. The molecule has 2 N–H and O–H groups in total. The third-order valence-electron chi connectivity index (χ3n) is 2.72. The minimum absolute atomic E-state index is 0.166. The summed E-state index contributed by atoms with van der Waals surface area (Å²) in [5.41, 5.74) is 5.91. The second kappa shape index (κ2) is 6.94. The molecule has 0 fully saturated rings. The van der Waals surface area contributed by atoms with Crippen LogP contribution < -0.4 is 5.73 Å². The zero-order chi connectivity index (χ0) is 15.2. The molecule has 0 saturated heterocycles. The van der Waals surface area contributed by atoms with Crippen LogP contribution in [-0.4, -0.2) is 39.0 Å². The second-order valence-electron chi connectivity index (χ2n) is 5.26. The third-order valence-corrected chi connectivity index (χ3v) is 2.72. The molecule has 112 valence electrons. The van der Waals surface area contributed by atoms with Gasteiger partial charge in [-0.05, 0) is 18.1 Å². The molecule has 1 amide bonds. The van der Waals surface area contributed by atoms with Crippen LogP contribution in [0.4, 0.5) is 0 Å². The molecule has 21 heavy (non-hydrogen) atoms. The summed E-state index contributed by atoms with van der Waals surface area (Å²) in [5.74, 6) is 0.911. The van der Waals surface area contributed by atoms with E-state index in [2.05, 4.69) is 29.0 Å². The summed E-state index contributed by atoms with van der Waals surface area (Å²) >= 11 is 0. The standard InChI is InChI=1S/C14H19N5O2/c1-10(2)7-19(8-12(15)20)9-13-17-14(18-21-13)11-5-3-4-6-16-11/h3-6,10H,7-9H2,1-2H3,(H2,15,20). The maximum atomic E-state index is 11.1. The number of carbonyl (C=O) groups excluding carboxylic acids is 1. The van der Waals surface area contributed by atoms with Gasteiger partial charge in [-0.1, -0.05) is 25.1 Å². The minimum atomic E-state index is -0.375. The molecule has 7 heteroatoms. The first-order valence-electron chi connectivity index (χ1n) is 6.79. The van der Waals surface area contributed by atoms with Gasteiger partial charge < -0.3 is 10.3 Å². The molecule has 2 aromatic rings. The Bertz CT molecular complexity index is 582. The Hall–Kier alpha value is -2.28. The first kappa shape index (κ1) is 15.1. The van der Waals surface area contributed by atoms with Gasteiger partial charge in [-0.3, -0.25) is 14.7 Å². The van der Waals surface area contributed by atoms with Crippen molar-refractivity contribution >= 4 is 5.91 Å². The highest BCUT2D eigenvalue weighted by Gasteiger charge is 2.16. The Morgan fingerprint density at radius 1 is 1.43 bits per heavy atom. The van der Waals surface area contributed by atoms with Crippen LogP contribution in [0.25, 0.3) is 11.5 Å². The predicted molar refractivity (Wildman–Crippen MR) is 76.8 cm³/mol. The van der Waals surface area contributed by atoms with Crippen molar-refractivity contribution in [3.05, 3.63) is 30.3 Å². The van der Waals surface area contributed by atoms with Crippen molar-refractivity contribution in [2.75, 3.05) is 13.1 Å². The summed E-state index contributed by atoms with van der Waals surface area (Å²) < 4.78 is 5.22. The van der Waals surface area contributed by atoms with Crippen LogP contribution in [-0.2, 0) is 11.3 Å². The fourth-order valence-electron chi connectivity index (χ4n) is 2.03. The lowest BCUT2D eigenvalue weighted by Crippen LogP contribution is -2.35. The Morgan fingerprint density at radius 2 is 2.24 bits per heavy atom. The lowest BCUT2D eigenvalue weighted by atomic mass is 10.2. The lowest BCUT2D eigenvalue weighted by molar-refractivity contribution is -0.119. The van der Waals surface area contributed by atoms with E-state index in [0.717, 1.165) is 6.54 Å². The van der Waals surface area contributed by atoms with Crippen molar-refractivity contribution in [2.45, 2.75) is 20.4 Å². The number of amides is 1. The molecule has 2 rings (SSSR count). The van der Waals surface area contributed by atoms with Crippen molar-refractivity contribution in [3.8, 4) is 11.5 Å². The molecule has 0 radical (unpaired) electrons. The van der Waals surface area contributed by atoms with Crippen molar-refractivity contribution in [3.63, 3.8) is 0 Å². The van der Waals surface area contributed by atoms with E-state index in [0.29, 0.717) is 29.9 Å². The fourth-order valence-corrected chi connectivity index (χ4v) is 2.03. The van der Waals surface area contributed by atoms with E-state index in [4.69, 9.17) is 10.3 Å². The Balaban J connectivity index is 2.07. The van der Waals surface area contributed by atoms with Gasteiger partial charge in [-0.2, -0.15) is 4.98 Å². The Kier molecular flexibility index (Phi) is 4.99. The minimum Gasteiger partial charge on any atom is -0.369 e. The molecule has 0 saturated carbocycles. The number of hydrogen-bond acceptors (Lipinski definition) is 6. The molecule has 7 nitrogen and oxygen atoms in total. The fraction of sp³-hybridized carbons (Fsp3) is 0.429. The number of carbonyl (C=O) groups is 1. The van der Waals surface area contributed by atoms with E-state index in [1.165, 1.54) is 0 Å². The van der Waals surface area contributed by atoms with Gasteiger partial charge in [0.25, 0.3) is 0 Å². The van der Waals surface area contributed by atoms with Crippen LogP contribution >= 0.6 is 0 Å². The first-order valence-corrected chi connectivity index (χ1v) is 6.79. The van der Waals surface area contributed by atoms with Crippen LogP contribution in [0.5, 0.6) is 0 Å². The number of nitrogens with two attached hydrogens (primary N) is 1. The normalized spacial score (nSPS) is 11.2. The third kappa shape index (κ3) is 4.64. The highest BCUT2D eigenvalue weighted by molar-refractivity contribution is 5.75. The zero-order valence-electron chi connectivity index (χ0n) is 12.2. The number of rotatable bonds is 7. The van der Waals surface area contributed by atoms with Crippen molar-refractivity contribution in [2.24, 2.45) is 11.7 Å². The summed E-state index contributed by atoms with van der Waals surface area (Å²) in [6.45, 7) is 5.42. The quantitative estimate of drug-likeness (QED) is 0.818. The molecule has 0 aliphatic carbocycles. The molecule has 0 spiro atoms. The Morgan fingerprint density at radius 3 is 2.86 bits per heavy atom. The maximum Gasteiger partial charge on any atom is 0.241 e. The summed E-state index contributed by atoms with van der Waals surface area (Å²) in [4.78, 5) is 21.5. The number of primary amides is 1. The largest absolute Gasteiger partial charge is 0.369 e. The van der Waals surface area contributed by atoms with Gasteiger partial charge in [-0.15, -0.1) is 0 Å². The zero-order valence-corrected chi connectivity index (χ0v) is 12.2. The molecule has 2 heterocycles. The molecular weight excluding hydrogens is 270 g/mol. The van der Waals surface area contributed by atoms with E-state index in [1.54, 1.807) is 6.20 Å². The van der Waals surface area contributed by atoms with E-state index >= 15 is 0 Å². The van der Waals surface area contributed by atoms with Gasteiger partial charge in [0.1, 0.15) is 5.69 Å². The lowest BCUT2D eigenvalue weighted by Gasteiger charge is -2.20. The highest BCUT2D eigenvalue weighted by atomic mass is 16.5. The van der Waals surface area contributed by atoms with E-state index in [1.807, 2.05) is 23.1 Å². The van der Waals surface area contributed by atoms with Gasteiger partial charge in [0.2, 0.25) is 17.6 Å². The van der Waals surface area contributed by atoms with Gasteiger partial charge in [-0.25, -0.2) is 0 Å². The molecule has 0 aromatic carbocycles. The topological polar surface area (TPSA) is 98.1 Å². The Labute approximate surface area is 123 Å². The predicted octanol–water partition coefficient (Wildman–Crippen LogP) is 1.07. The summed E-state index contributed by atoms with van der Waals surface area (Å²) in [6, 6.07) is 5.49. The molecule has 0 aliphatic rings. The second-order valence-corrected chi connectivity index (χ2v) is 5.26. The highest BCUT2D eigenvalue weighted by Crippen LogP contribution is 2.13. The molecule has 2 aromatic heterocycles. The van der Waals surface area contributed by atoms with E-state index in [-0.39, 0.29) is 12.5 Å². The maximum absolute atomic E-state index is 11.1. The van der Waals surface area contributed by atoms with Crippen LogP contribution in [0, 0.1) is 5.92 Å². The number of nitrogens with zero attached hydrogens (tertiary/aromatic N) is 4. The molecule has 0 aliphatic heterocycles. The van der Waals surface area contributed by atoms with Gasteiger partial charge in [0, 0.05) is 12.7 Å². The van der Waals surface area contributed by atoms with Crippen molar-refractivity contribution < 1.29 is 9.32 Å². The molecule has 0 bridgehead atoms. The van der Waals surface area contributed by atoms with E-state index in [9.17, 15) is 4.79 Å². The van der Waals surface area contributed by atoms with E-state index < -0.39 is 0 Å². The average Bonchev–Trinajstić information content (AvgIpc) is 2.86. The number of aromatic nitrogens is 3. The van der Waals surface area contributed by atoms with Gasteiger partial charge in [0.05, 0.1) is 13.1 Å². The summed E-state index contributed by atoms with van der Waals surface area (Å²) in [5, 5.41) is 3.91. The van der Waals surface area contributed by atoms with Gasteiger partial charge >= 0.3 is 0 Å².